The third-order valence-electron chi connectivity index (χ3n) is 6.12. The summed E-state index contributed by atoms with van der Waals surface area (Å²) in [7, 11) is 0. The van der Waals surface area contributed by atoms with Crippen molar-refractivity contribution in [1.29, 1.82) is 0 Å². The number of nitrogens with one attached hydrogen (secondary N) is 1. The summed E-state index contributed by atoms with van der Waals surface area (Å²) < 4.78 is 48.0. The number of H-pyrrole nitrogens is 1. The predicted octanol–water partition coefficient (Wildman–Crippen LogP) is 4.31. The van der Waals surface area contributed by atoms with Crippen molar-refractivity contribution < 1.29 is 27.4 Å². The Kier molecular flexibility index (Phi) is 5.46. The molecule has 0 amide bonds. The zero-order valence-electron chi connectivity index (χ0n) is 16.3. The number of fused-ring (bicyclic) bond motifs is 3. The molecule has 5 nitrogen and oxygen atoms in total. The lowest BCUT2D eigenvalue weighted by atomic mass is 9.80. The summed E-state index contributed by atoms with van der Waals surface area (Å²) in [5, 5.41) is 0.544. The molecule has 0 spiro atoms. The van der Waals surface area contributed by atoms with Crippen molar-refractivity contribution >= 4 is 16.9 Å². The molecule has 3 atom stereocenters. The molecular formula is C21H25F3N2O3. The molecule has 2 aliphatic rings. The molecule has 29 heavy (non-hydrogen) atoms. The lowest BCUT2D eigenvalue weighted by molar-refractivity contribution is -0.153. The van der Waals surface area contributed by atoms with Gasteiger partial charge >= 0.3 is 12.1 Å². The molecule has 8 heteroatoms. The van der Waals surface area contributed by atoms with E-state index in [1.54, 1.807) is 19.2 Å². The highest BCUT2D eigenvalue weighted by atomic mass is 19.4. The topological polar surface area (TPSA) is 54.6 Å². The van der Waals surface area contributed by atoms with E-state index in [0.717, 1.165) is 26.1 Å². The van der Waals surface area contributed by atoms with E-state index in [4.69, 9.17) is 9.47 Å². The Morgan fingerprint density at radius 1 is 1.28 bits per heavy atom. The fraction of sp³-hybridized carbons (Fsp3) is 0.571. The molecule has 4 rings (SSSR count). The van der Waals surface area contributed by atoms with Crippen LogP contribution < -0.4 is 4.74 Å². The number of aryl methyl sites for hydroxylation is 1. The molecular weight excluding hydrogens is 385 g/mol. The van der Waals surface area contributed by atoms with Gasteiger partial charge in [-0.3, -0.25) is 0 Å². The molecule has 158 valence electrons. The second kappa shape index (κ2) is 7.89. The highest BCUT2D eigenvalue weighted by molar-refractivity contribution is 6.06. The number of piperidine rings is 2. The van der Waals surface area contributed by atoms with Crippen LogP contribution in [-0.4, -0.2) is 54.9 Å². The van der Waals surface area contributed by atoms with Crippen molar-refractivity contribution in [1.82, 2.24) is 9.88 Å². The highest BCUT2D eigenvalue weighted by Gasteiger charge is 2.33. The molecule has 3 heterocycles. The van der Waals surface area contributed by atoms with Gasteiger partial charge in [-0.1, -0.05) is 0 Å². The van der Waals surface area contributed by atoms with Gasteiger partial charge in [0.25, 0.3) is 0 Å². The fourth-order valence-corrected chi connectivity index (χ4v) is 4.60. The number of benzene rings is 1. The maximum Gasteiger partial charge on any atom is 0.422 e. The van der Waals surface area contributed by atoms with Crippen LogP contribution in [0, 0.1) is 18.8 Å². The normalized spacial score (nSPS) is 24.5. The van der Waals surface area contributed by atoms with Crippen LogP contribution in [-0.2, 0) is 4.74 Å². The highest BCUT2D eigenvalue weighted by Crippen LogP contribution is 2.33. The molecule has 3 unspecified atom stereocenters. The first-order chi connectivity index (χ1) is 13.8. The number of rotatable bonds is 5. The summed E-state index contributed by atoms with van der Waals surface area (Å²) in [6.45, 7) is 3.95. The van der Waals surface area contributed by atoms with E-state index in [9.17, 15) is 18.0 Å². The summed E-state index contributed by atoms with van der Waals surface area (Å²) >= 11 is 0. The molecule has 1 N–H and O–H groups in total. The lowest BCUT2D eigenvalue weighted by Gasteiger charge is -2.42. The minimum absolute atomic E-state index is 0.109. The first-order valence-electron chi connectivity index (χ1n) is 10.0. The molecule has 1 aromatic heterocycles. The standard InChI is InChI=1S/C21H25F3N2O3/c1-13-18(29-12-21(22,23)24)5-4-17-19(13)16(9-25-17)20(27)28-11-15-6-8-26-7-2-3-14(15)10-26/h4-5,9,14-15,25H,2-3,6-8,10-12H2,1H3. The number of aromatic nitrogens is 1. The zero-order valence-corrected chi connectivity index (χ0v) is 16.3. The fourth-order valence-electron chi connectivity index (χ4n) is 4.60. The van der Waals surface area contributed by atoms with E-state index < -0.39 is 18.8 Å². The van der Waals surface area contributed by atoms with Gasteiger partial charge in [0.1, 0.15) is 5.75 Å². The van der Waals surface area contributed by atoms with Crippen LogP contribution in [0.2, 0.25) is 0 Å². The van der Waals surface area contributed by atoms with Crippen molar-refractivity contribution in [3.05, 3.63) is 29.5 Å². The van der Waals surface area contributed by atoms with Gasteiger partial charge in [0.2, 0.25) is 0 Å². The molecule has 2 aromatic rings. The maximum atomic E-state index is 12.7. The molecule has 2 aliphatic heterocycles. The molecule has 2 saturated heterocycles. The van der Waals surface area contributed by atoms with Crippen LogP contribution in [0.25, 0.3) is 10.9 Å². The molecule has 2 fully saturated rings. The Bertz CT molecular complexity index is 893. The van der Waals surface area contributed by atoms with Gasteiger partial charge < -0.3 is 19.4 Å². The van der Waals surface area contributed by atoms with Gasteiger partial charge in [-0.25, -0.2) is 4.79 Å². The number of alkyl halides is 3. The van der Waals surface area contributed by atoms with E-state index in [2.05, 4.69) is 9.88 Å². The number of esters is 1. The first-order valence-corrected chi connectivity index (χ1v) is 10.0. The number of nitrogens with zero attached hydrogens (tertiary/aromatic N) is 1. The Hall–Kier alpha value is -2.22. The van der Waals surface area contributed by atoms with Gasteiger partial charge in [0, 0.05) is 29.2 Å². The Balaban J connectivity index is 1.47. The number of ether oxygens (including phenoxy) is 2. The number of halogens is 3. The first kappa shape index (κ1) is 20.1. The van der Waals surface area contributed by atoms with E-state index in [1.165, 1.54) is 18.9 Å². The molecule has 2 bridgehead atoms. The van der Waals surface area contributed by atoms with Crippen LogP contribution in [0.1, 0.15) is 35.2 Å². The minimum Gasteiger partial charge on any atom is -0.484 e. The minimum atomic E-state index is -4.42. The quantitative estimate of drug-likeness (QED) is 0.747. The zero-order chi connectivity index (χ0) is 20.6. The van der Waals surface area contributed by atoms with Crippen molar-refractivity contribution in [2.45, 2.75) is 32.4 Å². The van der Waals surface area contributed by atoms with Crippen LogP contribution in [0.5, 0.6) is 5.75 Å². The summed E-state index contributed by atoms with van der Waals surface area (Å²) in [6, 6.07) is 3.09. The van der Waals surface area contributed by atoms with E-state index in [-0.39, 0.29) is 5.75 Å². The number of aromatic amines is 1. The second-order valence-corrected chi connectivity index (χ2v) is 8.07. The van der Waals surface area contributed by atoms with Crippen LogP contribution in [0.3, 0.4) is 0 Å². The Labute approximate surface area is 167 Å². The smallest absolute Gasteiger partial charge is 0.422 e. The number of hydrogen-bond donors (Lipinski definition) is 1. The summed E-state index contributed by atoms with van der Waals surface area (Å²) in [6.07, 6.45) is 0.523. The summed E-state index contributed by atoms with van der Waals surface area (Å²) in [4.78, 5) is 18.2. The number of carbonyl (C=O) groups excluding carboxylic acids is 1. The largest absolute Gasteiger partial charge is 0.484 e. The lowest BCUT2D eigenvalue weighted by Crippen LogP contribution is -2.45. The van der Waals surface area contributed by atoms with Gasteiger partial charge in [0.05, 0.1) is 12.2 Å². The molecule has 0 saturated carbocycles. The third-order valence-corrected chi connectivity index (χ3v) is 6.12. The third kappa shape index (κ3) is 4.37. The van der Waals surface area contributed by atoms with E-state index in [0.29, 0.717) is 40.5 Å². The van der Waals surface area contributed by atoms with Gasteiger partial charge in [-0.2, -0.15) is 13.2 Å². The van der Waals surface area contributed by atoms with Gasteiger partial charge in [-0.15, -0.1) is 0 Å². The second-order valence-electron chi connectivity index (χ2n) is 8.07. The monoisotopic (exact) mass is 410 g/mol. The van der Waals surface area contributed by atoms with Gasteiger partial charge in [0.15, 0.2) is 6.61 Å². The number of hydrogen-bond acceptors (Lipinski definition) is 4. The number of carbonyl (C=O) groups is 1. The predicted molar refractivity (Wildman–Crippen MR) is 102 cm³/mol. The van der Waals surface area contributed by atoms with Crippen molar-refractivity contribution in [2.24, 2.45) is 11.8 Å². The SMILES string of the molecule is Cc1c(OCC(F)(F)F)ccc2[nH]cc(C(=O)OCC3CCN4CCCC3C4)c12. The molecule has 0 aliphatic carbocycles. The molecule has 0 radical (unpaired) electrons. The van der Waals surface area contributed by atoms with Crippen molar-refractivity contribution in [3.8, 4) is 5.75 Å². The average molecular weight is 410 g/mol. The van der Waals surface area contributed by atoms with Crippen LogP contribution in [0.4, 0.5) is 13.2 Å². The van der Waals surface area contributed by atoms with E-state index in [1.807, 2.05) is 0 Å². The van der Waals surface area contributed by atoms with Crippen molar-refractivity contribution in [3.63, 3.8) is 0 Å². The van der Waals surface area contributed by atoms with Crippen molar-refractivity contribution in [2.75, 3.05) is 32.8 Å². The van der Waals surface area contributed by atoms with Crippen LogP contribution >= 0.6 is 0 Å². The Morgan fingerprint density at radius 3 is 2.90 bits per heavy atom. The van der Waals surface area contributed by atoms with E-state index >= 15 is 0 Å². The maximum absolute atomic E-state index is 12.7. The molecule has 1 aromatic carbocycles. The van der Waals surface area contributed by atoms with Gasteiger partial charge in [-0.05, 0) is 63.2 Å². The average Bonchev–Trinajstić information content (AvgIpc) is 3.11. The summed E-state index contributed by atoms with van der Waals surface area (Å²) in [5.74, 6) is 0.591. The summed E-state index contributed by atoms with van der Waals surface area (Å²) in [5.41, 5.74) is 1.48. The Morgan fingerprint density at radius 2 is 2.10 bits per heavy atom. The van der Waals surface area contributed by atoms with Crippen LogP contribution in [0.15, 0.2) is 18.3 Å².